The van der Waals surface area contributed by atoms with Crippen LogP contribution in [0.25, 0.3) is 10.2 Å². The van der Waals surface area contributed by atoms with E-state index in [0.717, 1.165) is 0 Å². The third-order valence-electron chi connectivity index (χ3n) is 5.09. The Morgan fingerprint density at radius 2 is 2.00 bits per heavy atom. The first kappa shape index (κ1) is 22.9. The van der Waals surface area contributed by atoms with Crippen LogP contribution in [0.1, 0.15) is 18.5 Å². The lowest BCUT2D eigenvalue weighted by Crippen LogP contribution is -2.46. The van der Waals surface area contributed by atoms with E-state index in [1.54, 1.807) is 51.4 Å². The fourth-order valence-electron chi connectivity index (χ4n) is 3.46. The zero-order valence-electron chi connectivity index (χ0n) is 18.2. The van der Waals surface area contributed by atoms with Crippen molar-refractivity contribution < 1.29 is 19.1 Å². The van der Waals surface area contributed by atoms with E-state index < -0.39 is 18.0 Å². The Morgan fingerprint density at radius 3 is 2.70 bits per heavy atom. The topological polar surface area (TPSA) is 112 Å². The summed E-state index contributed by atoms with van der Waals surface area (Å²) in [5.41, 5.74) is 1.90. The number of urea groups is 1. The van der Waals surface area contributed by atoms with Crippen molar-refractivity contribution in [2.75, 3.05) is 19.5 Å². The van der Waals surface area contributed by atoms with E-state index in [9.17, 15) is 14.4 Å². The first-order valence-electron chi connectivity index (χ1n) is 10.1. The van der Waals surface area contributed by atoms with Crippen molar-refractivity contribution in [2.24, 2.45) is 7.05 Å². The average molecular weight is 487 g/mol. The second kappa shape index (κ2) is 9.67. The molecule has 1 aliphatic heterocycles. The number of aromatic nitrogens is 2. The summed E-state index contributed by atoms with van der Waals surface area (Å²) in [5, 5.41) is 7.84. The zero-order chi connectivity index (χ0) is 23.5. The van der Waals surface area contributed by atoms with E-state index in [0.29, 0.717) is 38.0 Å². The summed E-state index contributed by atoms with van der Waals surface area (Å²) in [5.74, 6) is 0.341. The van der Waals surface area contributed by atoms with Gasteiger partial charge in [0.05, 0.1) is 30.8 Å². The average Bonchev–Trinajstić information content (AvgIpc) is 3.29. The summed E-state index contributed by atoms with van der Waals surface area (Å²) < 4.78 is 12.6. The Hall–Kier alpha value is -3.31. The van der Waals surface area contributed by atoms with Gasteiger partial charge in [-0.2, -0.15) is 0 Å². The molecule has 0 saturated carbocycles. The standard InChI is InChI=1S/C22H22N4O5S2/c1-4-31-20(28)16-15(11-33-22-24-14-9-10-32-18(14)19(27)26(22)2)23-21(29)25-17(16)12-5-7-13(30-3)8-6-12/h5-10,17H,4,11H2,1-3H3,(H2,23,25,29). The Labute approximate surface area is 197 Å². The second-order valence-electron chi connectivity index (χ2n) is 7.10. The van der Waals surface area contributed by atoms with Gasteiger partial charge in [-0.3, -0.25) is 9.36 Å². The van der Waals surface area contributed by atoms with Gasteiger partial charge in [-0.1, -0.05) is 23.9 Å². The van der Waals surface area contributed by atoms with Gasteiger partial charge in [0.2, 0.25) is 0 Å². The Morgan fingerprint density at radius 1 is 1.24 bits per heavy atom. The van der Waals surface area contributed by atoms with Crippen molar-refractivity contribution in [3.05, 3.63) is 62.9 Å². The summed E-state index contributed by atoms with van der Waals surface area (Å²) in [6, 6.07) is 7.75. The molecule has 2 amide bonds. The van der Waals surface area contributed by atoms with Gasteiger partial charge in [0.25, 0.3) is 5.56 Å². The maximum absolute atomic E-state index is 12.9. The third-order valence-corrected chi connectivity index (χ3v) is 7.04. The highest BCUT2D eigenvalue weighted by molar-refractivity contribution is 7.99. The lowest BCUT2D eigenvalue weighted by Gasteiger charge is -2.29. The number of ether oxygens (including phenoxy) is 2. The first-order chi connectivity index (χ1) is 15.9. The van der Waals surface area contributed by atoms with E-state index in [1.807, 2.05) is 5.38 Å². The van der Waals surface area contributed by atoms with Crippen LogP contribution in [-0.2, 0) is 16.6 Å². The Bertz CT molecular complexity index is 1300. The fraction of sp³-hybridized carbons (Fsp3) is 0.273. The molecular formula is C22H22N4O5S2. The van der Waals surface area contributed by atoms with Gasteiger partial charge in [-0.05, 0) is 36.1 Å². The van der Waals surface area contributed by atoms with Crippen LogP contribution in [0.3, 0.4) is 0 Å². The highest BCUT2D eigenvalue weighted by Crippen LogP contribution is 2.31. The number of carbonyl (C=O) groups is 2. The molecule has 33 heavy (non-hydrogen) atoms. The minimum Gasteiger partial charge on any atom is -0.497 e. The lowest BCUT2D eigenvalue weighted by atomic mass is 9.95. The van der Waals surface area contributed by atoms with Crippen LogP contribution in [0.4, 0.5) is 4.79 Å². The first-order valence-corrected chi connectivity index (χ1v) is 12.0. The van der Waals surface area contributed by atoms with Gasteiger partial charge in [0, 0.05) is 18.5 Å². The fourth-order valence-corrected chi connectivity index (χ4v) is 5.21. The molecule has 0 spiro atoms. The molecule has 4 rings (SSSR count). The van der Waals surface area contributed by atoms with Crippen LogP contribution in [0.5, 0.6) is 5.75 Å². The smallest absolute Gasteiger partial charge is 0.338 e. The van der Waals surface area contributed by atoms with E-state index >= 15 is 0 Å². The van der Waals surface area contributed by atoms with Gasteiger partial charge in [0.1, 0.15) is 10.4 Å². The summed E-state index contributed by atoms with van der Waals surface area (Å²) in [6.45, 7) is 1.91. The number of thiophene rings is 1. The van der Waals surface area contributed by atoms with Crippen molar-refractivity contribution >= 4 is 45.3 Å². The number of rotatable bonds is 7. The Balaban J connectivity index is 1.71. The SMILES string of the molecule is CCOC(=O)C1=C(CSc2nc3ccsc3c(=O)n2C)NC(=O)NC1c1ccc(OC)cc1. The molecule has 3 aromatic rings. The number of hydrogen-bond acceptors (Lipinski definition) is 8. The van der Waals surface area contributed by atoms with Crippen molar-refractivity contribution in [3.63, 3.8) is 0 Å². The summed E-state index contributed by atoms with van der Waals surface area (Å²) >= 11 is 2.60. The molecule has 1 aliphatic rings. The molecule has 9 nitrogen and oxygen atoms in total. The number of carbonyl (C=O) groups excluding carboxylic acids is 2. The number of hydrogen-bond donors (Lipinski definition) is 2. The number of esters is 1. The summed E-state index contributed by atoms with van der Waals surface area (Å²) in [7, 11) is 3.22. The van der Waals surface area contributed by atoms with Crippen LogP contribution < -0.4 is 20.9 Å². The zero-order valence-corrected chi connectivity index (χ0v) is 19.8. The normalized spacial score (nSPS) is 15.8. The quantitative estimate of drug-likeness (QED) is 0.300. The maximum Gasteiger partial charge on any atom is 0.338 e. The van der Waals surface area contributed by atoms with Gasteiger partial charge in [-0.25, -0.2) is 14.6 Å². The van der Waals surface area contributed by atoms with Crippen LogP contribution >= 0.6 is 23.1 Å². The number of nitrogens with one attached hydrogen (secondary N) is 2. The molecule has 2 aromatic heterocycles. The molecule has 0 saturated heterocycles. The van der Waals surface area contributed by atoms with E-state index in [1.165, 1.54) is 27.7 Å². The number of fused-ring (bicyclic) bond motifs is 1. The molecule has 1 aromatic carbocycles. The van der Waals surface area contributed by atoms with Gasteiger partial charge >= 0.3 is 12.0 Å². The molecule has 2 N–H and O–H groups in total. The monoisotopic (exact) mass is 486 g/mol. The molecule has 0 fully saturated rings. The van der Waals surface area contributed by atoms with Gasteiger partial charge in [-0.15, -0.1) is 11.3 Å². The highest BCUT2D eigenvalue weighted by atomic mass is 32.2. The number of benzene rings is 1. The third kappa shape index (κ3) is 4.60. The second-order valence-corrected chi connectivity index (χ2v) is 8.96. The van der Waals surface area contributed by atoms with Gasteiger partial charge < -0.3 is 20.1 Å². The maximum atomic E-state index is 12.9. The van der Waals surface area contributed by atoms with E-state index in [2.05, 4.69) is 15.6 Å². The van der Waals surface area contributed by atoms with Crippen LogP contribution in [-0.4, -0.2) is 41.0 Å². The predicted octanol–water partition coefficient (Wildman–Crippen LogP) is 2.97. The largest absolute Gasteiger partial charge is 0.497 e. The van der Waals surface area contributed by atoms with Crippen molar-refractivity contribution in [1.82, 2.24) is 20.2 Å². The summed E-state index contributed by atoms with van der Waals surface area (Å²) in [6.07, 6.45) is 0. The summed E-state index contributed by atoms with van der Waals surface area (Å²) in [4.78, 5) is 42.5. The molecule has 0 aliphatic carbocycles. The molecule has 0 radical (unpaired) electrons. The molecule has 1 atom stereocenters. The van der Waals surface area contributed by atoms with E-state index in [-0.39, 0.29) is 17.9 Å². The number of amides is 2. The number of methoxy groups -OCH3 is 1. The number of nitrogens with zero attached hydrogens (tertiary/aromatic N) is 2. The molecule has 11 heteroatoms. The molecular weight excluding hydrogens is 464 g/mol. The minimum atomic E-state index is -0.699. The van der Waals surface area contributed by atoms with Crippen LogP contribution in [0, 0.1) is 0 Å². The highest BCUT2D eigenvalue weighted by Gasteiger charge is 2.34. The van der Waals surface area contributed by atoms with E-state index in [4.69, 9.17) is 9.47 Å². The molecule has 3 heterocycles. The van der Waals surface area contributed by atoms with Gasteiger partial charge in [0.15, 0.2) is 5.16 Å². The van der Waals surface area contributed by atoms with Crippen LogP contribution in [0.2, 0.25) is 0 Å². The molecule has 172 valence electrons. The van der Waals surface area contributed by atoms with Crippen molar-refractivity contribution in [3.8, 4) is 5.75 Å². The number of thioether (sulfide) groups is 1. The molecule has 1 unspecified atom stereocenters. The Kier molecular flexibility index (Phi) is 6.70. The predicted molar refractivity (Wildman–Crippen MR) is 127 cm³/mol. The van der Waals surface area contributed by atoms with Crippen LogP contribution in [0.15, 0.2) is 56.9 Å². The lowest BCUT2D eigenvalue weighted by molar-refractivity contribution is -0.139. The van der Waals surface area contributed by atoms with Crippen molar-refractivity contribution in [1.29, 1.82) is 0 Å². The molecule has 0 bridgehead atoms. The van der Waals surface area contributed by atoms with Crippen molar-refractivity contribution in [2.45, 2.75) is 18.1 Å². The minimum absolute atomic E-state index is 0.137.